The van der Waals surface area contributed by atoms with Gasteiger partial charge in [0, 0.05) is 28.7 Å². The van der Waals surface area contributed by atoms with Gasteiger partial charge in [0.15, 0.2) is 0 Å². The fourth-order valence-electron chi connectivity index (χ4n) is 3.21. The third-order valence-corrected chi connectivity index (χ3v) is 4.40. The number of nitrogens with zero attached hydrogens (tertiary/aromatic N) is 1. The number of hydrogen-bond acceptors (Lipinski definition) is 4. The molecule has 0 aliphatic rings. The second-order valence-electron chi connectivity index (χ2n) is 5.85. The van der Waals surface area contributed by atoms with Crippen LogP contribution in [-0.2, 0) is 13.2 Å². The Hall–Kier alpha value is -2.96. The maximum atomic E-state index is 13.2. The number of aliphatic hydroxyl groups excluding tert-OH is 2. The molecule has 26 heavy (non-hydrogen) atoms. The van der Waals surface area contributed by atoms with Crippen LogP contribution < -0.4 is 10.5 Å². The highest BCUT2D eigenvalue weighted by Crippen LogP contribution is 2.25. The number of aromatic nitrogens is 1. The minimum Gasteiger partial charge on any atom is -0.392 e. The van der Waals surface area contributed by atoms with Gasteiger partial charge >= 0.3 is 0 Å². The van der Waals surface area contributed by atoms with E-state index in [9.17, 15) is 19.8 Å². The molecule has 0 aliphatic heterocycles. The second kappa shape index (κ2) is 7.51. The average molecular weight is 352 g/mol. The minimum atomic E-state index is -0.559. The largest absolute Gasteiger partial charge is 0.392 e. The minimum absolute atomic E-state index is 0.105. The van der Waals surface area contributed by atoms with E-state index in [2.05, 4.69) is 4.98 Å². The molecule has 0 atom stereocenters. The van der Waals surface area contributed by atoms with Crippen LogP contribution in [0.3, 0.4) is 0 Å². The molecule has 1 heterocycles. The summed E-state index contributed by atoms with van der Waals surface area (Å²) >= 11 is 0. The summed E-state index contributed by atoms with van der Waals surface area (Å²) in [5, 5.41) is 20.1. The van der Waals surface area contributed by atoms with Gasteiger partial charge in [0.05, 0.1) is 13.2 Å². The van der Waals surface area contributed by atoms with E-state index < -0.39 is 18.1 Å². The lowest BCUT2D eigenvalue weighted by Crippen LogP contribution is -2.36. The Morgan fingerprint density at radius 2 is 1.77 bits per heavy atom. The van der Waals surface area contributed by atoms with E-state index >= 15 is 0 Å². The molecule has 0 aliphatic carbocycles. The number of rotatable bonds is 5. The molecule has 6 heteroatoms. The number of fused-ring (bicyclic) bond motifs is 1. The van der Waals surface area contributed by atoms with Gasteiger partial charge in [0.1, 0.15) is 5.56 Å². The van der Waals surface area contributed by atoms with Gasteiger partial charge in [-0.2, -0.15) is 0 Å². The number of benzene rings is 2. The van der Waals surface area contributed by atoms with Crippen LogP contribution in [0, 0.1) is 0 Å². The van der Waals surface area contributed by atoms with Gasteiger partial charge in [-0.1, -0.05) is 30.3 Å². The van der Waals surface area contributed by atoms with E-state index in [1.165, 1.54) is 4.90 Å². The maximum Gasteiger partial charge on any atom is 0.264 e. The lowest BCUT2D eigenvalue weighted by Gasteiger charge is -2.22. The molecule has 0 radical (unpaired) electrons. The first kappa shape index (κ1) is 17.8. The van der Waals surface area contributed by atoms with Crippen molar-refractivity contribution in [1.82, 2.24) is 4.98 Å². The Balaban J connectivity index is 2.25. The Labute approximate surface area is 150 Å². The van der Waals surface area contributed by atoms with Crippen LogP contribution in [0.2, 0.25) is 0 Å². The van der Waals surface area contributed by atoms with Crippen molar-refractivity contribution in [2.75, 3.05) is 11.4 Å². The van der Waals surface area contributed by atoms with Crippen LogP contribution in [0.4, 0.5) is 5.69 Å². The highest BCUT2D eigenvalue weighted by Gasteiger charge is 2.25. The second-order valence-corrected chi connectivity index (χ2v) is 5.85. The first-order chi connectivity index (χ1) is 12.6. The summed E-state index contributed by atoms with van der Waals surface area (Å²) in [6, 6.07) is 14.1. The van der Waals surface area contributed by atoms with E-state index in [0.717, 1.165) is 0 Å². The van der Waals surface area contributed by atoms with E-state index in [1.54, 1.807) is 30.3 Å². The Morgan fingerprint density at radius 3 is 2.38 bits per heavy atom. The van der Waals surface area contributed by atoms with Crippen LogP contribution in [0.15, 0.2) is 53.3 Å². The smallest absolute Gasteiger partial charge is 0.264 e. The molecule has 0 saturated heterocycles. The molecule has 6 nitrogen and oxygen atoms in total. The Morgan fingerprint density at radius 1 is 1.04 bits per heavy atom. The third-order valence-electron chi connectivity index (χ3n) is 4.40. The van der Waals surface area contributed by atoms with Crippen LogP contribution in [0.1, 0.15) is 28.4 Å². The van der Waals surface area contributed by atoms with E-state index in [0.29, 0.717) is 28.7 Å². The summed E-state index contributed by atoms with van der Waals surface area (Å²) in [6.07, 6.45) is 0. The summed E-state index contributed by atoms with van der Waals surface area (Å²) in [6.45, 7) is 1.44. The summed E-state index contributed by atoms with van der Waals surface area (Å²) in [7, 11) is 0. The van der Waals surface area contributed by atoms with Crippen LogP contribution in [0.25, 0.3) is 10.9 Å². The first-order valence-electron chi connectivity index (χ1n) is 8.37. The molecule has 0 unspecified atom stereocenters. The number of hydrogen-bond donors (Lipinski definition) is 3. The van der Waals surface area contributed by atoms with Crippen molar-refractivity contribution in [1.29, 1.82) is 0 Å². The van der Waals surface area contributed by atoms with Crippen molar-refractivity contribution < 1.29 is 15.0 Å². The highest BCUT2D eigenvalue weighted by molar-refractivity contribution is 6.09. The maximum absolute atomic E-state index is 13.2. The zero-order valence-electron chi connectivity index (χ0n) is 14.4. The normalized spacial score (nSPS) is 10.9. The molecule has 0 fully saturated rings. The molecule has 0 saturated carbocycles. The van der Waals surface area contributed by atoms with Gasteiger partial charge in [-0.3, -0.25) is 9.59 Å². The summed E-state index contributed by atoms with van der Waals surface area (Å²) in [4.78, 5) is 30.0. The Bertz CT molecular complexity index is 996. The van der Waals surface area contributed by atoms with Gasteiger partial charge in [0.25, 0.3) is 11.5 Å². The van der Waals surface area contributed by atoms with Crippen LogP contribution in [-0.4, -0.2) is 27.6 Å². The lowest BCUT2D eigenvalue weighted by molar-refractivity contribution is 0.0984. The number of amides is 1. The number of aliphatic hydroxyl groups is 2. The van der Waals surface area contributed by atoms with Crippen molar-refractivity contribution in [3.63, 3.8) is 0 Å². The van der Waals surface area contributed by atoms with Gasteiger partial charge in [0.2, 0.25) is 0 Å². The van der Waals surface area contributed by atoms with E-state index in [4.69, 9.17) is 0 Å². The molecule has 3 N–H and O–H groups in total. The van der Waals surface area contributed by atoms with Crippen molar-refractivity contribution in [2.45, 2.75) is 20.1 Å². The van der Waals surface area contributed by atoms with Gasteiger partial charge < -0.3 is 20.1 Å². The number of aromatic amines is 1. The standard InChI is InChI=1S/C20H20N2O4/c1-2-22(14-8-4-3-5-9-14)20(26)18-15(12-24)17-13(11-23)7-6-10-16(17)21-19(18)25/h3-10,23-24H,2,11-12H2,1H3,(H,21,25). The summed E-state index contributed by atoms with van der Waals surface area (Å²) < 4.78 is 0. The number of para-hydroxylation sites is 1. The highest BCUT2D eigenvalue weighted by atomic mass is 16.3. The zero-order valence-corrected chi connectivity index (χ0v) is 14.4. The predicted octanol–water partition coefficient (Wildman–Crippen LogP) is 2.18. The van der Waals surface area contributed by atoms with Crippen LogP contribution >= 0.6 is 0 Å². The molecule has 3 rings (SSSR count). The fourth-order valence-corrected chi connectivity index (χ4v) is 3.21. The van der Waals surface area contributed by atoms with Crippen molar-refractivity contribution >= 4 is 22.5 Å². The van der Waals surface area contributed by atoms with Gasteiger partial charge in [-0.15, -0.1) is 0 Å². The molecule has 1 amide bonds. The number of carbonyl (C=O) groups is 1. The fraction of sp³-hybridized carbons (Fsp3) is 0.200. The van der Waals surface area contributed by atoms with Gasteiger partial charge in [-0.25, -0.2) is 0 Å². The number of anilines is 1. The molecule has 2 aromatic carbocycles. The van der Waals surface area contributed by atoms with E-state index in [1.807, 2.05) is 25.1 Å². The van der Waals surface area contributed by atoms with Crippen molar-refractivity contribution in [3.05, 3.63) is 75.6 Å². The summed E-state index contributed by atoms with van der Waals surface area (Å²) in [5.74, 6) is -0.487. The average Bonchev–Trinajstić information content (AvgIpc) is 2.67. The number of nitrogens with one attached hydrogen (secondary N) is 1. The molecule has 1 aromatic heterocycles. The van der Waals surface area contributed by atoms with E-state index in [-0.39, 0.29) is 17.7 Å². The third kappa shape index (κ3) is 3.00. The monoisotopic (exact) mass is 352 g/mol. The number of pyridine rings is 1. The molecule has 134 valence electrons. The molecule has 0 bridgehead atoms. The molecule has 0 spiro atoms. The number of H-pyrrole nitrogens is 1. The van der Waals surface area contributed by atoms with Crippen molar-refractivity contribution in [2.24, 2.45) is 0 Å². The van der Waals surface area contributed by atoms with Gasteiger partial charge in [-0.05, 0) is 30.7 Å². The number of carbonyl (C=O) groups excluding carboxylic acids is 1. The molecule has 3 aromatic rings. The van der Waals surface area contributed by atoms with Crippen LogP contribution in [0.5, 0.6) is 0 Å². The summed E-state index contributed by atoms with van der Waals surface area (Å²) in [5.41, 5.74) is 1.25. The zero-order chi connectivity index (χ0) is 18.7. The SMILES string of the molecule is CCN(C(=O)c1c(CO)c2c(CO)cccc2[nH]c1=O)c1ccccc1. The lowest BCUT2D eigenvalue weighted by atomic mass is 9.98. The molecular weight excluding hydrogens is 332 g/mol. The van der Waals surface area contributed by atoms with Crippen molar-refractivity contribution in [3.8, 4) is 0 Å². The Kier molecular flexibility index (Phi) is 5.16. The molecular formula is C20H20N2O4. The topological polar surface area (TPSA) is 93.6 Å². The predicted molar refractivity (Wildman–Crippen MR) is 100 cm³/mol. The first-order valence-corrected chi connectivity index (χ1v) is 8.37. The quantitative estimate of drug-likeness (QED) is 0.656.